The van der Waals surface area contributed by atoms with Gasteiger partial charge in [0.25, 0.3) is 5.91 Å². The molecule has 2 aromatic rings. The summed E-state index contributed by atoms with van der Waals surface area (Å²) in [5, 5.41) is 2.05. The summed E-state index contributed by atoms with van der Waals surface area (Å²) >= 11 is 8.66. The number of carbonyl (C=O) groups is 1. The zero-order chi connectivity index (χ0) is 19.2. The number of thioether (sulfide) groups is 1. The van der Waals surface area contributed by atoms with Crippen molar-refractivity contribution in [1.82, 2.24) is 0 Å². The van der Waals surface area contributed by atoms with E-state index in [0.29, 0.717) is 10.9 Å². The van der Waals surface area contributed by atoms with Gasteiger partial charge in [-0.15, -0.1) is 11.3 Å². The average molecular weight is 445 g/mol. The number of amides is 1. The summed E-state index contributed by atoms with van der Waals surface area (Å²) in [6.45, 7) is 0. The molecule has 1 amide bonds. The van der Waals surface area contributed by atoms with Gasteiger partial charge in [-0.25, -0.2) is 12.8 Å². The minimum Gasteiger partial charge on any atom is -0.316 e. The Labute approximate surface area is 169 Å². The van der Waals surface area contributed by atoms with E-state index in [2.05, 4.69) is 4.99 Å². The normalized spacial score (nSPS) is 25.1. The monoisotopic (exact) mass is 444 g/mol. The van der Waals surface area contributed by atoms with Gasteiger partial charge < -0.3 is 4.90 Å². The molecule has 27 heavy (non-hydrogen) atoms. The van der Waals surface area contributed by atoms with Gasteiger partial charge in [-0.2, -0.15) is 4.99 Å². The third-order valence-corrected chi connectivity index (χ3v) is 8.75. The fraction of sp³-hybridized carbons (Fsp3) is 0.294. The van der Waals surface area contributed by atoms with Crippen LogP contribution in [0.5, 0.6) is 0 Å². The Morgan fingerprint density at radius 1 is 1.33 bits per heavy atom. The molecule has 10 heteroatoms. The van der Waals surface area contributed by atoms with Crippen LogP contribution >= 0.6 is 34.7 Å². The van der Waals surface area contributed by atoms with Gasteiger partial charge in [0, 0.05) is 15.8 Å². The van der Waals surface area contributed by atoms with Gasteiger partial charge in [-0.05, 0) is 29.6 Å². The number of hydrogen-bond acceptors (Lipinski definition) is 5. The average Bonchev–Trinajstić information content (AvgIpc) is 3.25. The molecular formula is C17H14ClFN2O3S3. The second-order valence-electron chi connectivity index (χ2n) is 6.31. The van der Waals surface area contributed by atoms with Crippen molar-refractivity contribution in [3.63, 3.8) is 0 Å². The summed E-state index contributed by atoms with van der Waals surface area (Å²) in [5.41, 5.74) is 0.529. The quantitative estimate of drug-likeness (QED) is 0.726. The first kappa shape index (κ1) is 18.9. The van der Waals surface area contributed by atoms with Gasteiger partial charge in [0.05, 0.1) is 29.0 Å². The predicted molar refractivity (Wildman–Crippen MR) is 108 cm³/mol. The largest absolute Gasteiger partial charge is 0.316 e. The van der Waals surface area contributed by atoms with E-state index in [1.165, 1.54) is 41.3 Å². The van der Waals surface area contributed by atoms with Gasteiger partial charge in [0.15, 0.2) is 15.0 Å². The SMILES string of the molecule is O=C(Cc1cccs1)N=C1S[C@H]2CS(=O)(=O)C[C@H]2N1c1ccc(F)c(Cl)c1. The summed E-state index contributed by atoms with van der Waals surface area (Å²) in [5.74, 6) is -0.861. The summed E-state index contributed by atoms with van der Waals surface area (Å²) in [7, 11) is -3.17. The molecule has 3 heterocycles. The molecular weight excluding hydrogens is 431 g/mol. The number of fused-ring (bicyclic) bond motifs is 1. The van der Waals surface area contributed by atoms with Crippen molar-refractivity contribution in [1.29, 1.82) is 0 Å². The molecule has 0 spiro atoms. The first-order valence-corrected chi connectivity index (χ1v) is 12.0. The lowest BCUT2D eigenvalue weighted by Gasteiger charge is -2.24. The number of amidine groups is 1. The number of nitrogens with zero attached hydrogens (tertiary/aromatic N) is 2. The molecule has 2 atom stereocenters. The molecule has 5 nitrogen and oxygen atoms in total. The Hall–Kier alpha value is -1.42. The van der Waals surface area contributed by atoms with Crippen LogP contribution in [0.3, 0.4) is 0 Å². The van der Waals surface area contributed by atoms with Gasteiger partial charge in [0.1, 0.15) is 5.82 Å². The van der Waals surface area contributed by atoms with Crippen LogP contribution in [0.1, 0.15) is 4.88 Å². The third kappa shape index (κ3) is 3.91. The first-order valence-electron chi connectivity index (χ1n) is 8.08. The second kappa shape index (κ2) is 7.20. The van der Waals surface area contributed by atoms with Crippen LogP contribution in [0.25, 0.3) is 0 Å². The van der Waals surface area contributed by atoms with E-state index >= 15 is 0 Å². The van der Waals surface area contributed by atoms with E-state index in [1.807, 2.05) is 17.5 Å². The standard InChI is InChI=1S/C17H14ClFN2O3S3/c18-12-6-10(3-4-13(12)19)21-14-8-27(23,24)9-15(14)26-17(21)20-16(22)7-11-2-1-5-25-11/h1-6,14-15H,7-9H2/t14-,15+/m1/s1. The summed E-state index contributed by atoms with van der Waals surface area (Å²) in [4.78, 5) is 19.2. The number of rotatable bonds is 3. The number of benzene rings is 1. The molecule has 0 bridgehead atoms. The van der Waals surface area contributed by atoms with Gasteiger partial charge in [-0.1, -0.05) is 29.4 Å². The Bertz CT molecular complexity index is 1020. The van der Waals surface area contributed by atoms with Crippen molar-refractivity contribution in [2.45, 2.75) is 17.7 Å². The molecule has 2 aliphatic rings. The fourth-order valence-corrected chi connectivity index (χ4v) is 8.01. The predicted octanol–water partition coefficient (Wildman–Crippen LogP) is 3.38. The smallest absolute Gasteiger partial charge is 0.253 e. The highest BCUT2D eigenvalue weighted by molar-refractivity contribution is 8.16. The van der Waals surface area contributed by atoms with Crippen molar-refractivity contribution in [3.05, 3.63) is 51.4 Å². The van der Waals surface area contributed by atoms with Crippen LogP contribution in [-0.2, 0) is 21.1 Å². The lowest BCUT2D eigenvalue weighted by atomic mass is 10.2. The fourth-order valence-electron chi connectivity index (χ4n) is 3.21. The minimum atomic E-state index is -3.17. The maximum Gasteiger partial charge on any atom is 0.253 e. The summed E-state index contributed by atoms with van der Waals surface area (Å²) in [6.07, 6.45) is 0.188. The third-order valence-electron chi connectivity index (χ3n) is 4.37. The van der Waals surface area contributed by atoms with E-state index < -0.39 is 15.7 Å². The number of thiophene rings is 1. The van der Waals surface area contributed by atoms with Crippen LogP contribution in [0, 0.1) is 5.82 Å². The van der Waals surface area contributed by atoms with Crippen molar-refractivity contribution in [2.75, 3.05) is 16.4 Å². The van der Waals surface area contributed by atoms with Gasteiger partial charge in [-0.3, -0.25) is 4.79 Å². The highest BCUT2D eigenvalue weighted by Gasteiger charge is 2.49. The first-order chi connectivity index (χ1) is 12.8. The Balaban J connectivity index is 1.68. The number of carbonyl (C=O) groups excluding carboxylic acids is 1. The van der Waals surface area contributed by atoms with Crippen molar-refractivity contribution < 1.29 is 17.6 Å². The molecule has 2 saturated heterocycles. The Kier molecular flexibility index (Phi) is 5.04. The summed E-state index contributed by atoms with van der Waals surface area (Å²) < 4.78 is 37.7. The number of sulfone groups is 1. The van der Waals surface area contributed by atoms with E-state index in [4.69, 9.17) is 11.6 Å². The minimum absolute atomic E-state index is 0.0300. The highest BCUT2D eigenvalue weighted by Crippen LogP contribution is 2.41. The van der Waals surface area contributed by atoms with Crippen LogP contribution in [-0.4, -0.2) is 42.3 Å². The van der Waals surface area contributed by atoms with Crippen LogP contribution < -0.4 is 4.90 Å². The Morgan fingerprint density at radius 3 is 2.85 bits per heavy atom. The molecule has 0 saturated carbocycles. The number of halogens is 2. The topological polar surface area (TPSA) is 66.8 Å². The number of aliphatic imine (C=N–C) groups is 1. The van der Waals surface area contributed by atoms with Crippen molar-refractivity contribution in [2.24, 2.45) is 4.99 Å². The maximum absolute atomic E-state index is 13.6. The zero-order valence-corrected chi connectivity index (χ0v) is 17.0. The molecule has 1 aromatic carbocycles. The molecule has 0 N–H and O–H groups in total. The Morgan fingerprint density at radius 2 is 2.15 bits per heavy atom. The molecule has 0 aliphatic carbocycles. The second-order valence-corrected chi connectivity index (χ2v) is 11.1. The lowest BCUT2D eigenvalue weighted by Crippen LogP contribution is -2.37. The van der Waals surface area contributed by atoms with Gasteiger partial charge >= 0.3 is 0 Å². The van der Waals surface area contributed by atoms with Crippen LogP contribution in [0.15, 0.2) is 40.7 Å². The lowest BCUT2D eigenvalue weighted by molar-refractivity contribution is -0.117. The molecule has 4 rings (SSSR count). The molecule has 1 aromatic heterocycles. The maximum atomic E-state index is 13.6. The van der Waals surface area contributed by atoms with E-state index in [1.54, 1.807) is 4.90 Å². The zero-order valence-electron chi connectivity index (χ0n) is 13.8. The molecule has 2 aliphatic heterocycles. The molecule has 0 unspecified atom stereocenters. The van der Waals surface area contributed by atoms with Crippen LogP contribution in [0.2, 0.25) is 5.02 Å². The van der Waals surface area contributed by atoms with E-state index in [-0.39, 0.29) is 40.1 Å². The van der Waals surface area contributed by atoms with E-state index in [0.717, 1.165) is 4.88 Å². The van der Waals surface area contributed by atoms with Crippen molar-refractivity contribution >= 4 is 61.3 Å². The molecule has 0 radical (unpaired) electrons. The number of hydrogen-bond donors (Lipinski definition) is 0. The number of anilines is 1. The van der Waals surface area contributed by atoms with Crippen molar-refractivity contribution in [3.8, 4) is 0 Å². The summed E-state index contributed by atoms with van der Waals surface area (Å²) in [6, 6.07) is 7.56. The molecule has 2 fully saturated rings. The van der Waals surface area contributed by atoms with Crippen LogP contribution in [0.4, 0.5) is 10.1 Å². The van der Waals surface area contributed by atoms with Gasteiger partial charge in [0.2, 0.25) is 0 Å². The molecule has 142 valence electrons. The van der Waals surface area contributed by atoms with E-state index in [9.17, 15) is 17.6 Å². The highest BCUT2D eigenvalue weighted by atomic mass is 35.5.